The second-order valence-electron chi connectivity index (χ2n) is 5.96. The number of hydrogen-bond acceptors (Lipinski definition) is 3. The Morgan fingerprint density at radius 1 is 1.21 bits per heavy atom. The minimum absolute atomic E-state index is 0.353. The quantitative estimate of drug-likeness (QED) is 0.901. The third-order valence-electron chi connectivity index (χ3n) is 4.24. The summed E-state index contributed by atoms with van der Waals surface area (Å²) in [6, 6.07) is 6.20. The number of nitrogens with one attached hydrogen (secondary N) is 1. The Hall–Kier alpha value is -1.22. The highest BCUT2D eigenvalue weighted by molar-refractivity contribution is 5.44. The summed E-state index contributed by atoms with van der Waals surface area (Å²) >= 11 is 0. The van der Waals surface area contributed by atoms with E-state index in [4.69, 9.17) is 9.47 Å². The molecule has 3 nitrogen and oxygen atoms in total. The summed E-state index contributed by atoms with van der Waals surface area (Å²) in [6.45, 7) is 4.79. The molecule has 1 aliphatic carbocycles. The normalized spacial score (nSPS) is 25.5. The van der Waals surface area contributed by atoms with Crippen LogP contribution in [0.2, 0.25) is 0 Å². The fraction of sp³-hybridized carbons (Fsp3) is 0.625. The largest absolute Gasteiger partial charge is 0.454 e. The molecule has 2 aliphatic rings. The van der Waals surface area contributed by atoms with Gasteiger partial charge in [0.2, 0.25) is 6.79 Å². The van der Waals surface area contributed by atoms with Crippen molar-refractivity contribution in [2.24, 2.45) is 11.8 Å². The minimum Gasteiger partial charge on any atom is -0.454 e. The summed E-state index contributed by atoms with van der Waals surface area (Å²) < 4.78 is 10.7. The molecule has 0 bridgehead atoms. The van der Waals surface area contributed by atoms with Crippen LogP contribution in [-0.4, -0.2) is 13.3 Å². The van der Waals surface area contributed by atoms with Gasteiger partial charge in [-0.1, -0.05) is 25.8 Å². The van der Waals surface area contributed by atoms with Crippen molar-refractivity contribution in [1.29, 1.82) is 0 Å². The molecule has 1 heterocycles. The first kappa shape index (κ1) is 12.8. The van der Waals surface area contributed by atoms with E-state index in [2.05, 4.69) is 24.4 Å². The van der Waals surface area contributed by atoms with Crippen LogP contribution in [0.3, 0.4) is 0 Å². The van der Waals surface area contributed by atoms with E-state index in [9.17, 15) is 0 Å². The summed E-state index contributed by atoms with van der Waals surface area (Å²) in [6.07, 6.45) is 5.59. The predicted octanol–water partition coefficient (Wildman–Crippen LogP) is 3.33. The van der Waals surface area contributed by atoms with Crippen molar-refractivity contribution in [1.82, 2.24) is 5.32 Å². The molecule has 19 heavy (non-hydrogen) atoms. The molecule has 0 amide bonds. The average molecular weight is 261 g/mol. The molecule has 2 unspecified atom stereocenters. The van der Waals surface area contributed by atoms with Crippen LogP contribution in [0.1, 0.15) is 38.2 Å². The van der Waals surface area contributed by atoms with Gasteiger partial charge >= 0.3 is 0 Å². The van der Waals surface area contributed by atoms with Crippen molar-refractivity contribution < 1.29 is 9.47 Å². The second kappa shape index (κ2) is 5.83. The zero-order chi connectivity index (χ0) is 13.1. The Labute approximate surface area is 115 Å². The number of rotatable bonds is 4. The lowest BCUT2D eigenvalue weighted by atomic mass is 9.82. The fourth-order valence-electron chi connectivity index (χ4n) is 3.22. The van der Waals surface area contributed by atoms with Crippen LogP contribution in [0.5, 0.6) is 11.5 Å². The molecule has 3 heteroatoms. The van der Waals surface area contributed by atoms with Gasteiger partial charge in [0.25, 0.3) is 0 Å². The maximum absolute atomic E-state index is 5.40. The van der Waals surface area contributed by atoms with E-state index < -0.39 is 0 Å². The highest BCUT2D eigenvalue weighted by atomic mass is 16.7. The summed E-state index contributed by atoms with van der Waals surface area (Å²) in [4.78, 5) is 0. The number of ether oxygens (including phenoxy) is 2. The molecule has 0 radical (unpaired) electrons. The maximum atomic E-state index is 5.40. The van der Waals surface area contributed by atoms with E-state index >= 15 is 0 Å². The molecule has 0 saturated heterocycles. The first-order chi connectivity index (χ1) is 9.31. The van der Waals surface area contributed by atoms with Gasteiger partial charge < -0.3 is 14.8 Å². The molecule has 1 aromatic rings. The molecule has 0 aromatic heterocycles. The van der Waals surface area contributed by atoms with Crippen molar-refractivity contribution in [3.63, 3.8) is 0 Å². The lowest BCUT2D eigenvalue weighted by Gasteiger charge is -2.26. The molecule has 1 fully saturated rings. The molecule has 104 valence electrons. The van der Waals surface area contributed by atoms with Gasteiger partial charge in [-0.3, -0.25) is 0 Å². The highest BCUT2D eigenvalue weighted by Crippen LogP contribution is 2.32. The molecule has 1 N–H and O–H groups in total. The summed E-state index contributed by atoms with van der Waals surface area (Å²) in [5, 5.41) is 3.59. The SMILES string of the molecule is CC1CCCC(CNCc2ccc3c(c2)OCO3)C1. The van der Waals surface area contributed by atoms with E-state index in [1.165, 1.54) is 31.2 Å². The van der Waals surface area contributed by atoms with E-state index in [-0.39, 0.29) is 0 Å². The Kier molecular flexibility index (Phi) is 3.92. The van der Waals surface area contributed by atoms with Crippen molar-refractivity contribution in [2.75, 3.05) is 13.3 Å². The third kappa shape index (κ3) is 3.21. The van der Waals surface area contributed by atoms with Crippen molar-refractivity contribution >= 4 is 0 Å². The summed E-state index contributed by atoms with van der Waals surface area (Å²) in [5.74, 6) is 3.51. The van der Waals surface area contributed by atoms with Crippen LogP contribution in [0.15, 0.2) is 18.2 Å². The van der Waals surface area contributed by atoms with Gasteiger partial charge in [-0.2, -0.15) is 0 Å². The molecule has 2 atom stereocenters. The average Bonchev–Trinajstić information content (AvgIpc) is 2.86. The molecule has 3 rings (SSSR count). The first-order valence-electron chi connectivity index (χ1n) is 7.40. The van der Waals surface area contributed by atoms with Crippen LogP contribution >= 0.6 is 0 Å². The van der Waals surface area contributed by atoms with E-state index in [1.54, 1.807) is 0 Å². The van der Waals surface area contributed by atoms with Gasteiger partial charge in [0.15, 0.2) is 11.5 Å². The fourth-order valence-corrected chi connectivity index (χ4v) is 3.22. The summed E-state index contributed by atoms with van der Waals surface area (Å²) in [5.41, 5.74) is 1.27. The predicted molar refractivity (Wildman–Crippen MR) is 75.4 cm³/mol. The number of benzene rings is 1. The molecule has 0 spiro atoms. The van der Waals surface area contributed by atoms with E-state index in [1.807, 2.05) is 6.07 Å². The Morgan fingerprint density at radius 2 is 2.11 bits per heavy atom. The van der Waals surface area contributed by atoms with Gasteiger partial charge in [0.1, 0.15) is 0 Å². The zero-order valence-corrected chi connectivity index (χ0v) is 11.7. The molecule has 1 aromatic carbocycles. The number of fused-ring (bicyclic) bond motifs is 1. The Balaban J connectivity index is 1.47. The molecular formula is C16H23NO2. The lowest BCUT2D eigenvalue weighted by molar-refractivity contribution is 0.174. The van der Waals surface area contributed by atoms with Gasteiger partial charge in [-0.15, -0.1) is 0 Å². The third-order valence-corrected chi connectivity index (χ3v) is 4.24. The van der Waals surface area contributed by atoms with Gasteiger partial charge in [0, 0.05) is 6.54 Å². The van der Waals surface area contributed by atoms with E-state index in [0.29, 0.717) is 6.79 Å². The monoisotopic (exact) mass is 261 g/mol. The minimum atomic E-state index is 0.353. The van der Waals surface area contributed by atoms with Crippen molar-refractivity contribution in [2.45, 2.75) is 39.2 Å². The second-order valence-corrected chi connectivity index (χ2v) is 5.96. The lowest BCUT2D eigenvalue weighted by Crippen LogP contribution is -2.26. The Bertz CT molecular complexity index is 433. The zero-order valence-electron chi connectivity index (χ0n) is 11.7. The maximum Gasteiger partial charge on any atom is 0.231 e. The van der Waals surface area contributed by atoms with Crippen LogP contribution < -0.4 is 14.8 Å². The van der Waals surface area contributed by atoms with E-state index in [0.717, 1.165) is 36.4 Å². The number of hydrogen-bond donors (Lipinski definition) is 1. The van der Waals surface area contributed by atoms with Crippen LogP contribution in [0, 0.1) is 11.8 Å². The highest BCUT2D eigenvalue weighted by Gasteiger charge is 2.18. The van der Waals surface area contributed by atoms with Gasteiger partial charge in [-0.05, 0) is 48.9 Å². The smallest absolute Gasteiger partial charge is 0.231 e. The summed E-state index contributed by atoms with van der Waals surface area (Å²) in [7, 11) is 0. The molecular weight excluding hydrogens is 238 g/mol. The van der Waals surface area contributed by atoms with Crippen LogP contribution in [0.25, 0.3) is 0 Å². The Morgan fingerprint density at radius 3 is 3.00 bits per heavy atom. The van der Waals surface area contributed by atoms with Crippen LogP contribution in [0.4, 0.5) is 0 Å². The van der Waals surface area contributed by atoms with Crippen LogP contribution in [-0.2, 0) is 6.54 Å². The topological polar surface area (TPSA) is 30.5 Å². The van der Waals surface area contributed by atoms with Gasteiger partial charge in [0.05, 0.1) is 0 Å². The van der Waals surface area contributed by atoms with Crippen molar-refractivity contribution in [3.8, 4) is 11.5 Å². The van der Waals surface area contributed by atoms with Crippen molar-refractivity contribution in [3.05, 3.63) is 23.8 Å². The first-order valence-corrected chi connectivity index (χ1v) is 7.40. The standard InChI is InChI=1S/C16H23NO2/c1-12-3-2-4-13(7-12)9-17-10-14-5-6-15-16(8-14)19-11-18-15/h5-6,8,12-13,17H,2-4,7,9-11H2,1H3. The van der Waals surface area contributed by atoms with Gasteiger partial charge in [-0.25, -0.2) is 0 Å². The molecule has 1 saturated carbocycles. The molecule has 1 aliphatic heterocycles.